The van der Waals surface area contributed by atoms with E-state index < -0.39 is 0 Å². The summed E-state index contributed by atoms with van der Waals surface area (Å²) in [6.45, 7) is 6.19. The maximum atomic E-state index is 11.9. The van der Waals surface area contributed by atoms with E-state index in [1.54, 1.807) is 0 Å². The largest absolute Gasteiger partial charge is 0.293 e. The SMILES string of the molecule is CC(C)(C)c1nnsc1C(=O)C1CC1. The maximum Gasteiger partial charge on any atom is 0.179 e. The second-order valence-electron chi connectivity index (χ2n) is 4.84. The van der Waals surface area contributed by atoms with Gasteiger partial charge in [-0.1, -0.05) is 25.3 Å². The Bertz CT molecular complexity index is 360. The van der Waals surface area contributed by atoms with Crippen LogP contribution in [0.5, 0.6) is 0 Å². The van der Waals surface area contributed by atoms with Crippen molar-refractivity contribution in [1.82, 2.24) is 9.59 Å². The van der Waals surface area contributed by atoms with Crippen LogP contribution in [0.25, 0.3) is 0 Å². The average Bonchev–Trinajstić information content (AvgIpc) is 2.78. The van der Waals surface area contributed by atoms with Crippen LogP contribution in [0.15, 0.2) is 0 Å². The Morgan fingerprint density at radius 2 is 2.07 bits per heavy atom. The predicted molar refractivity (Wildman–Crippen MR) is 55.7 cm³/mol. The van der Waals surface area contributed by atoms with Crippen molar-refractivity contribution in [3.63, 3.8) is 0 Å². The highest BCUT2D eigenvalue weighted by molar-refractivity contribution is 7.08. The lowest BCUT2D eigenvalue weighted by Gasteiger charge is -2.15. The summed E-state index contributed by atoms with van der Waals surface area (Å²) < 4.78 is 3.89. The van der Waals surface area contributed by atoms with Crippen LogP contribution >= 0.6 is 11.5 Å². The highest BCUT2D eigenvalue weighted by Crippen LogP contribution is 2.36. The minimum atomic E-state index is -0.0765. The summed E-state index contributed by atoms with van der Waals surface area (Å²) >= 11 is 1.24. The Hall–Kier alpha value is -0.770. The number of nitrogens with zero attached hydrogens (tertiary/aromatic N) is 2. The number of carbonyl (C=O) groups excluding carboxylic acids is 1. The quantitative estimate of drug-likeness (QED) is 0.704. The third-order valence-electron chi connectivity index (χ3n) is 2.37. The van der Waals surface area contributed by atoms with E-state index >= 15 is 0 Å². The molecule has 1 heterocycles. The second-order valence-corrected chi connectivity index (χ2v) is 5.59. The molecule has 2 rings (SSSR count). The van der Waals surface area contributed by atoms with Crippen molar-refractivity contribution >= 4 is 17.3 Å². The summed E-state index contributed by atoms with van der Waals surface area (Å²) in [5, 5.41) is 4.07. The fourth-order valence-electron chi connectivity index (χ4n) is 1.37. The molecule has 0 radical (unpaired) electrons. The van der Waals surface area contributed by atoms with Gasteiger partial charge in [0.25, 0.3) is 0 Å². The summed E-state index contributed by atoms with van der Waals surface area (Å²) in [6.07, 6.45) is 2.08. The van der Waals surface area contributed by atoms with Crippen LogP contribution in [0.1, 0.15) is 49.0 Å². The van der Waals surface area contributed by atoms with E-state index in [1.807, 2.05) is 0 Å². The fraction of sp³-hybridized carbons (Fsp3) is 0.700. The Morgan fingerprint density at radius 1 is 1.43 bits per heavy atom. The number of hydrogen-bond donors (Lipinski definition) is 0. The lowest BCUT2D eigenvalue weighted by molar-refractivity contribution is 0.0969. The van der Waals surface area contributed by atoms with Crippen LogP contribution in [0, 0.1) is 5.92 Å². The first-order valence-corrected chi connectivity index (χ1v) is 5.64. The minimum absolute atomic E-state index is 0.0765. The summed E-state index contributed by atoms with van der Waals surface area (Å²) in [4.78, 5) is 12.6. The van der Waals surface area contributed by atoms with Gasteiger partial charge in [0.2, 0.25) is 0 Å². The van der Waals surface area contributed by atoms with Crippen molar-refractivity contribution in [1.29, 1.82) is 0 Å². The molecule has 1 aromatic heterocycles. The first-order chi connectivity index (χ1) is 6.50. The zero-order valence-corrected chi connectivity index (χ0v) is 9.52. The molecule has 1 aliphatic carbocycles. The first-order valence-electron chi connectivity index (χ1n) is 4.87. The van der Waals surface area contributed by atoms with E-state index in [9.17, 15) is 4.79 Å². The van der Waals surface area contributed by atoms with Gasteiger partial charge in [-0.3, -0.25) is 4.79 Å². The van der Waals surface area contributed by atoms with Gasteiger partial charge in [-0.25, -0.2) is 0 Å². The standard InChI is InChI=1S/C10H14N2OS/c1-10(2,3)9-8(14-12-11-9)7(13)6-4-5-6/h6H,4-5H2,1-3H3. The number of aromatic nitrogens is 2. The Balaban J connectivity index is 2.33. The third kappa shape index (κ3) is 1.71. The van der Waals surface area contributed by atoms with E-state index in [-0.39, 0.29) is 17.1 Å². The lowest BCUT2D eigenvalue weighted by atomic mass is 9.90. The van der Waals surface area contributed by atoms with E-state index in [0.717, 1.165) is 23.4 Å². The number of ketones is 1. The highest BCUT2D eigenvalue weighted by Gasteiger charge is 2.35. The highest BCUT2D eigenvalue weighted by atomic mass is 32.1. The van der Waals surface area contributed by atoms with Crippen molar-refractivity contribution in [3.8, 4) is 0 Å². The second kappa shape index (κ2) is 3.12. The average molecular weight is 210 g/mol. The summed E-state index contributed by atoms with van der Waals surface area (Å²) in [5.74, 6) is 0.517. The van der Waals surface area contributed by atoms with Crippen molar-refractivity contribution < 1.29 is 4.79 Å². The molecule has 0 amide bonds. The van der Waals surface area contributed by atoms with Crippen molar-refractivity contribution in [2.75, 3.05) is 0 Å². The van der Waals surface area contributed by atoms with Crippen LogP contribution in [0.4, 0.5) is 0 Å². The normalized spacial score (nSPS) is 17.1. The zero-order chi connectivity index (χ0) is 10.3. The van der Waals surface area contributed by atoms with E-state index in [2.05, 4.69) is 30.4 Å². The molecule has 14 heavy (non-hydrogen) atoms. The van der Waals surface area contributed by atoms with E-state index in [4.69, 9.17) is 0 Å². The molecule has 1 fully saturated rings. The van der Waals surface area contributed by atoms with E-state index in [1.165, 1.54) is 11.5 Å². The van der Waals surface area contributed by atoms with Gasteiger partial charge in [0.1, 0.15) is 4.88 Å². The summed E-state index contributed by atoms with van der Waals surface area (Å²) in [6, 6.07) is 0. The fourth-order valence-corrected chi connectivity index (χ4v) is 2.27. The molecule has 0 bridgehead atoms. The van der Waals surface area contributed by atoms with Crippen LogP contribution in [0.3, 0.4) is 0 Å². The topological polar surface area (TPSA) is 42.9 Å². The van der Waals surface area contributed by atoms with Gasteiger partial charge in [0.05, 0.1) is 5.69 Å². The van der Waals surface area contributed by atoms with Crippen molar-refractivity contribution in [2.45, 2.75) is 39.0 Å². The number of hydrogen-bond acceptors (Lipinski definition) is 4. The third-order valence-corrected chi connectivity index (χ3v) is 3.11. The lowest BCUT2D eigenvalue weighted by Crippen LogP contribution is -2.16. The number of rotatable bonds is 2. The van der Waals surface area contributed by atoms with Gasteiger partial charge in [0, 0.05) is 11.3 Å². The molecule has 3 nitrogen and oxygen atoms in total. The van der Waals surface area contributed by atoms with Gasteiger partial charge in [0.15, 0.2) is 5.78 Å². The van der Waals surface area contributed by atoms with Crippen LogP contribution < -0.4 is 0 Å². The molecule has 0 unspecified atom stereocenters. The monoisotopic (exact) mass is 210 g/mol. The van der Waals surface area contributed by atoms with Crippen LogP contribution in [-0.2, 0) is 5.41 Å². The molecule has 0 aliphatic heterocycles. The molecular weight excluding hydrogens is 196 g/mol. The maximum absolute atomic E-state index is 11.9. The van der Waals surface area contributed by atoms with Crippen LogP contribution in [-0.4, -0.2) is 15.4 Å². The predicted octanol–water partition coefficient (Wildman–Crippen LogP) is 2.43. The Kier molecular flexibility index (Phi) is 2.18. The number of carbonyl (C=O) groups is 1. The van der Waals surface area contributed by atoms with Crippen molar-refractivity contribution in [2.24, 2.45) is 5.92 Å². The molecule has 0 spiro atoms. The van der Waals surface area contributed by atoms with Gasteiger partial charge < -0.3 is 0 Å². The van der Waals surface area contributed by atoms with E-state index in [0.29, 0.717) is 0 Å². The molecule has 4 heteroatoms. The van der Waals surface area contributed by atoms with Gasteiger partial charge >= 0.3 is 0 Å². The minimum Gasteiger partial charge on any atom is -0.293 e. The molecule has 0 atom stereocenters. The molecule has 1 saturated carbocycles. The molecule has 0 N–H and O–H groups in total. The van der Waals surface area contributed by atoms with Gasteiger partial charge in [-0.05, 0) is 24.4 Å². The zero-order valence-electron chi connectivity index (χ0n) is 8.70. The number of Topliss-reactive ketones (excluding diaryl/α,β-unsaturated/α-hetero) is 1. The molecule has 1 aliphatic rings. The van der Waals surface area contributed by atoms with Gasteiger partial charge in [-0.15, -0.1) is 5.10 Å². The summed E-state index contributed by atoms with van der Waals surface area (Å²) in [5.41, 5.74) is 0.784. The first kappa shape index (κ1) is 9.77. The van der Waals surface area contributed by atoms with Crippen molar-refractivity contribution in [3.05, 3.63) is 10.6 Å². The Labute approximate surface area is 87.7 Å². The van der Waals surface area contributed by atoms with Crippen LogP contribution in [0.2, 0.25) is 0 Å². The summed E-state index contributed by atoms with van der Waals surface area (Å²) in [7, 11) is 0. The molecule has 0 saturated heterocycles. The molecule has 0 aromatic carbocycles. The van der Waals surface area contributed by atoms with Gasteiger partial charge in [-0.2, -0.15) is 0 Å². The molecule has 1 aromatic rings. The smallest absolute Gasteiger partial charge is 0.179 e. The molecule has 76 valence electrons. The molecular formula is C10H14N2OS. The Morgan fingerprint density at radius 3 is 2.57 bits per heavy atom.